The molecule has 1 aromatic heterocycles. The van der Waals surface area contributed by atoms with Gasteiger partial charge >= 0.3 is 0 Å². The van der Waals surface area contributed by atoms with E-state index in [1.807, 2.05) is 30.3 Å². The van der Waals surface area contributed by atoms with Gasteiger partial charge < -0.3 is 15.5 Å². The number of nitrogens with one attached hydrogen (secondary N) is 1. The molecule has 190 valence electrons. The van der Waals surface area contributed by atoms with Crippen LogP contribution in [0, 0.1) is 6.92 Å². The normalized spacial score (nSPS) is 11.7. The summed E-state index contributed by atoms with van der Waals surface area (Å²) in [5, 5.41) is 7.23. The molecule has 1 aliphatic rings. The van der Waals surface area contributed by atoms with E-state index in [1.54, 1.807) is 0 Å². The largest absolute Gasteiger partial charge is 0.454 e. The fraction of sp³-hybridized carbons (Fsp3) is 0.0270. The maximum absolute atomic E-state index is 6.54. The number of aryl methyl sites for hydroxylation is 1. The zero-order valence-electron chi connectivity index (χ0n) is 22.0. The summed E-state index contributed by atoms with van der Waals surface area (Å²) in [4.78, 5) is 0. The number of nitrogens with two attached hydrogens (primary N) is 1. The second-order valence-electron chi connectivity index (χ2n) is 10.5. The van der Waals surface area contributed by atoms with Crippen molar-refractivity contribution in [1.29, 1.82) is 0 Å². The first kappa shape index (κ1) is 22.7. The molecule has 8 rings (SSSR count). The number of nitrogen functional groups attached to an aromatic ring is 1. The average Bonchev–Trinajstić information content (AvgIpc) is 3.51. The van der Waals surface area contributed by atoms with E-state index in [4.69, 9.17) is 10.2 Å². The van der Waals surface area contributed by atoms with Gasteiger partial charge in [0.25, 0.3) is 0 Å². The van der Waals surface area contributed by atoms with Gasteiger partial charge in [-0.3, -0.25) is 0 Å². The smallest absolute Gasteiger partial charge is 0.159 e. The quantitative estimate of drug-likeness (QED) is 0.230. The van der Waals surface area contributed by atoms with Crippen LogP contribution in [-0.2, 0) is 0 Å². The number of anilines is 3. The molecular formula is C37H26N2O. The minimum Gasteiger partial charge on any atom is -0.454 e. The third kappa shape index (κ3) is 3.31. The highest BCUT2D eigenvalue weighted by molar-refractivity contribution is 6.19. The van der Waals surface area contributed by atoms with E-state index in [0.717, 1.165) is 44.8 Å². The predicted octanol–water partition coefficient (Wildman–Crippen LogP) is 10.2. The molecule has 0 amide bonds. The molecule has 40 heavy (non-hydrogen) atoms. The first-order valence-electron chi connectivity index (χ1n) is 13.6. The maximum Gasteiger partial charge on any atom is 0.159 e. The molecule has 3 N–H and O–H groups in total. The highest BCUT2D eigenvalue weighted by atomic mass is 16.3. The molecule has 0 saturated heterocycles. The molecule has 0 radical (unpaired) electrons. The molecule has 3 heteroatoms. The number of hydrogen-bond donors (Lipinski definition) is 2. The Bertz CT molecular complexity index is 2090. The topological polar surface area (TPSA) is 51.2 Å². The summed E-state index contributed by atoms with van der Waals surface area (Å²) in [6.07, 6.45) is 0. The second kappa shape index (κ2) is 8.62. The van der Waals surface area contributed by atoms with Gasteiger partial charge in [0.15, 0.2) is 5.76 Å². The van der Waals surface area contributed by atoms with Gasteiger partial charge in [0.2, 0.25) is 0 Å². The minimum atomic E-state index is 0.691. The lowest BCUT2D eigenvalue weighted by atomic mass is 9.93. The maximum atomic E-state index is 6.54. The Morgan fingerprint density at radius 3 is 2.05 bits per heavy atom. The molecule has 3 nitrogen and oxygen atoms in total. The van der Waals surface area contributed by atoms with Crippen molar-refractivity contribution in [2.75, 3.05) is 11.1 Å². The van der Waals surface area contributed by atoms with Crippen LogP contribution in [0.25, 0.3) is 66.4 Å². The van der Waals surface area contributed by atoms with Crippen LogP contribution in [0.5, 0.6) is 0 Å². The van der Waals surface area contributed by atoms with Crippen LogP contribution in [0.1, 0.15) is 5.56 Å². The summed E-state index contributed by atoms with van der Waals surface area (Å²) in [5.41, 5.74) is 19.4. The fourth-order valence-corrected chi connectivity index (χ4v) is 6.21. The predicted molar refractivity (Wildman–Crippen MR) is 168 cm³/mol. The van der Waals surface area contributed by atoms with Crippen molar-refractivity contribution < 1.29 is 4.42 Å². The molecule has 1 heterocycles. The van der Waals surface area contributed by atoms with E-state index in [-0.39, 0.29) is 0 Å². The summed E-state index contributed by atoms with van der Waals surface area (Å²) >= 11 is 0. The Hall–Kier alpha value is -5.28. The SMILES string of the molecule is Cc1ccccc1-c1oc2ccc(-c3ccc4c5c(cccc35)-c3ccccc3-4)cc2c1Nc1ccccc1N. The van der Waals surface area contributed by atoms with Crippen molar-refractivity contribution in [3.63, 3.8) is 0 Å². The monoisotopic (exact) mass is 514 g/mol. The molecule has 7 aromatic rings. The van der Waals surface area contributed by atoms with Gasteiger partial charge in [-0.15, -0.1) is 0 Å². The van der Waals surface area contributed by atoms with Crippen molar-refractivity contribution in [2.45, 2.75) is 6.92 Å². The van der Waals surface area contributed by atoms with Crippen molar-refractivity contribution >= 4 is 38.8 Å². The number of hydrogen-bond acceptors (Lipinski definition) is 3. The number of furan rings is 1. The number of fused-ring (bicyclic) bond motifs is 4. The van der Waals surface area contributed by atoms with E-state index in [0.29, 0.717) is 5.69 Å². The van der Waals surface area contributed by atoms with E-state index in [9.17, 15) is 0 Å². The standard InChI is InChI=1S/C37H26N2O/c1-22-9-2-3-10-24(22)37-36(39-33-16-7-6-15-32(33)38)31-21-23(17-20-34(31)40-37)25-18-19-30-27-12-5-4-11-26(27)29-14-8-13-28(25)35(29)30/h2-21,39H,38H2,1H3. The molecule has 0 fully saturated rings. The molecule has 0 bridgehead atoms. The summed E-state index contributed by atoms with van der Waals surface area (Å²) < 4.78 is 6.54. The van der Waals surface area contributed by atoms with Crippen LogP contribution in [0.4, 0.5) is 17.1 Å². The molecule has 0 spiro atoms. The summed E-state index contributed by atoms with van der Waals surface area (Å²) in [6.45, 7) is 2.11. The van der Waals surface area contributed by atoms with Crippen LogP contribution in [0.2, 0.25) is 0 Å². The van der Waals surface area contributed by atoms with Gasteiger partial charge in [0, 0.05) is 10.9 Å². The first-order chi connectivity index (χ1) is 19.7. The highest BCUT2D eigenvalue weighted by Gasteiger charge is 2.23. The number of rotatable bonds is 4. The zero-order valence-corrected chi connectivity index (χ0v) is 22.0. The van der Waals surface area contributed by atoms with Gasteiger partial charge in [-0.2, -0.15) is 0 Å². The van der Waals surface area contributed by atoms with E-state index in [2.05, 4.69) is 103 Å². The Labute approximate surface area is 232 Å². The van der Waals surface area contributed by atoms with Crippen LogP contribution in [0.3, 0.4) is 0 Å². The van der Waals surface area contributed by atoms with Crippen LogP contribution >= 0.6 is 0 Å². The number of benzene rings is 6. The highest BCUT2D eigenvalue weighted by Crippen LogP contribution is 2.50. The Balaban J connectivity index is 1.36. The lowest BCUT2D eigenvalue weighted by Gasteiger charge is -2.12. The van der Waals surface area contributed by atoms with Crippen LogP contribution < -0.4 is 11.1 Å². The molecule has 0 unspecified atom stereocenters. The molecular weight excluding hydrogens is 488 g/mol. The average molecular weight is 515 g/mol. The zero-order chi connectivity index (χ0) is 26.8. The van der Waals surface area contributed by atoms with Gasteiger partial charge in [0.1, 0.15) is 5.58 Å². The Morgan fingerprint density at radius 2 is 1.25 bits per heavy atom. The Morgan fingerprint density at radius 1 is 0.575 bits per heavy atom. The molecule has 0 saturated carbocycles. The van der Waals surface area contributed by atoms with E-state index >= 15 is 0 Å². The second-order valence-corrected chi connectivity index (χ2v) is 10.5. The summed E-state index contributed by atoms with van der Waals surface area (Å²) in [7, 11) is 0. The molecule has 6 aromatic carbocycles. The lowest BCUT2D eigenvalue weighted by Crippen LogP contribution is -1.97. The van der Waals surface area contributed by atoms with Crippen molar-refractivity contribution in [3.8, 4) is 44.7 Å². The molecule has 0 aliphatic heterocycles. The molecule has 0 atom stereocenters. The fourth-order valence-electron chi connectivity index (χ4n) is 6.21. The van der Waals surface area contributed by atoms with Crippen molar-refractivity contribution in [1.82, 2.24) is 0 Å². The minimum absolute atomic E-state index is 0.691. The Kier molecular flexibility index (Phi) is 4.89. The summed E-state index contributed by atoms with van der Waals surface area (Å²) in [6, 6.07) is 42.5. The number of para-hydroxylation sites is 2. The van der Waals surface area contributed by atoms with E-state index < -0.39 is 0 Å². The van der Waals surface area contributed by atoms with Crippen LogP contribution in [-0.4, -0.2) is 0 Å². The van der Waals surface area contributed by atoms with Crippen molar-refractivity contribution in [3.05, 3.63) is 127 Å². The van der Waals surface area contributed by atoms with Crippen LogP contribution in [0.15, 0.2) is 126 Å². The molecule has 1 aliphatic carbocycles. The first-order valence-corrected chi connectivity index (χ1v) is 13.6. The van der Waals surface area contributed by atoms with E-state index in [1.165, 1.54) is 38.6 Å². The van der Waals surface area contributed by atoms with Gasteiger partial charge in [-0.25, -0.2) is 0 Å². The van der Waals surface area contributed by atoms with Gasteiger partial charge in [-0.05, 0) is 80.9 Å². The third-order valence-corrected chi connectivity index (χ3v) is 8.16. The van der Waals surface area contributed by atoms with Crippen molar-refractivity contribution in [2.24, 2.45) is 0 Å². The van der Waals surface area contributed by atoms with Gasteiger partial charge in [-0.1, -0.05) is 97.1 Å². The third-order valence-electron chi connectivity index (χ3n) is 8.16. The lowest BCUT2D eigenvalue weighted by molar-refractivity contribution is 0.632. The van der Waals surface area contributed by atoms with Gasteiger partial charge in [0.05, 0.1) is 17.1 Å². The summed E-state index contributed by atoms with van der Waals surface area (Å²) in [5.74, 6) is 0.810.